The van der Waals surface area contributed by atoms with Gasteiger partial charge in [0.05, 0.1) is 26.3 Å². The van der Waals surface area contributed by atoms with Crippen molar-refractivity contribution in [3.63, 3.8) is 0 Å². The Morgan fingerprint density at radius 3 is 3.00 bits per heavy atom. The fourth-order valence-electron chi connectivity index (χ4n) is 2.69. The molecule has 6 heteroatoms. The van der Waals surface area contributed by atoms with Gasteiger partial charge in [0.1, 0.15) is 5.75 Å². The van der Waals surface area contributed by atoms with Crippen LogP contribution in [-0.2, 0) is 9.53 Å². The van der Waals surface area contributed by atoms with Gasteiger partial charge >= 0.3 is 0 Å². The van der Waals surface area contributed by atoms with E-state index in [9.17, 15) is 4.79 Å². The second-order valence-electron chi connectivity index (χ2n) is 5.22. The minimum atomic E-state index is 0.00150. The highest BCUT2D eigenvalue weighted by molar-refractivity contribution is 5.79. The summed E-state index contributed by atoms with van der Waals surface area (Å²) >= 11 is 0. The molecule has 2 N–H and O–H groups in total. The molecule has 1 heterocycles. The van der Waals surface area contributed by atoms with Crippen LogP contribution in [-0.4, -0.2) is 64.4 Å². The van der Waals surface area contributed by atoms with Crippen LogP contribution >= 0.6 is 0 Å². The topological polar surface area (TPSA) is 62.8 Å². The second-order valence-corrected chi connectivity index (χ2v) is 5.22. The number of carbonyl (C=O) groups excluding carboxylic acids is 1. The number of amides is 1. The molecule has 0 saturated carbocycles. The fraction of sp³-hybridized carbons (Fsp3) is 0.562. The van der Waals surface area contributed by atoms with Crippen molar-refractivity contribution < 1.29 is 14.3 Å². The van der Waals surface area contributed by atoms with E-state index in [2.05, 4.69) is 10.6 Å². The van der Waals surface area contributed by atoms with Crippen LogP contribution < -0.4 is 15.4 Å². The van der Waals surface area contributed by atoms with Crippen LogP contribution in [0.3, 0.4) is 0 Å². The molecule has 0 aliphatic carbocycles. The summed E-state index contributed by atoms with van der Waals surface area (Å²) in [4.78, 5) is 14.4. The summed E-state index contributed by atoms with van der Waals surface area (Å²) in [6.45, 7) is 3.86. The molecule has 0 spiro atoms. The zero-order valence-electron chi connectivity index (χ0n) is 13.3. The number of nitrogens with zero attached hydrogens (tertiary/aromatic N) is 1. The Kier molecular flexibility index (Phi) is 6.64. The van der Waals surface area contributed by atoms with Crippen molar-refractivity contribution in [1.82, 2.24) is 15.5 Å². The first-order valence-electron chi connectivity index (χ1n) is 7.60. The molecule has 6 nitrogen and oxygen atoms in total. The summed E-state index contributed by atoms with van der Waals surface area (Å²) < 4.78 is 10.4. The van der Waals surface area contributed by atoms with Gasteiger partial charge in [0, 0.05) is 38.9 Å². The first-order chi connectivity index (χ1) is 10.8. The Morgan fingerprint density at radius 1 is 1.41 bits per heavy atom. The average molecular weight is 307 g/mol. The van der Waals surface area contributed by atoms with Crippen LogP contribution in [0.4, 0.5) is 0 Å². The smallest absolute Gasteiger partial charge is 0.237 e. The Hall–Kier alpha value is -1.63. The van der Waals surface area contributed by atoms with Crippen LogP contribution in [0.5, 0.6) is 5.75 Å². The van der Waals surface area contributed by atoms with Crippen LogP contribution in [0.15, 0.2) is 24.3 Å². The molecule has 1 saturated heterocycles. The number of hydrogen-bond donors (Lipinski definition) is 2. The molecule has 0 aromatic heterocycles. The van der Waals surface area contributed by atoms with E-state index in [1.807, 2.05) is 29.2 Å². The van der Waals surface area contributed by atoms with Crippen molar-refractivity contribution in [2.24, 2.45) is 0 Å². The number of para-hydroxylation sites is 1. The summed E-state index contributed by atoms with van der Waals surface area (Å²) in [7, 11) is 3.31. The molecule has 1 fully saturated rings. The molecule has 0 radical (unpaired) electrons. The Morgan fingerprint density at radius 2 is 2.23 bits per heavy atom. The summed E-state index contributed by atoms with van der Waals surface area (Å²) in [6.07, 6.45) is 0. The molecule has 122 valence electrons. The minimum Gasteiger partial charge on any atom is -0.496 e. The molecule has 1 aromatic rings. The Labute approximate surface area is 131 Å². The van der Waals surface area contributed by atoms with Crippen molar-refractivity contribution in [3.8, 4) is 5.75 Å². The number of ether oxygens (including phenoxy) is 2. The molecular formula is C16H25N3O3. The second kappa shape index (κ2) is 8.73. The van der Waals surface area contributed by atoms with Crippen LogP contribution in [0.2, 0.25) is 0 Å². The minimum absolute atomic E-state index is 0.00150. The predicted octanol–water partition coefficient (Wildman–Crippen LogP) is 0.404. The van der Waals surface area contributed by atoms with E-state index in [4.69, 9.17) is 9.47 Å². The van der Waals surface area contributed by atoms with Gasteiger partial charge < -0.3 is 25.0 Å². The first kappa shape index (κ1) is 16.7. The number of carbonyl (C=O) groups is 1. The third-order valence-electron chi connectivity index (χ3n) is 3.82. The summed E-state index contributed by atoms with van der Waals surface area (Å²) in [5, 5.41) is 6.47. The molecule has 1 atom stereocenters. The monoisotopic (exact) mass is 307 g/mol. The summed E-state index contributed by atoms with van der Waals surface area (Å²) in [5.74, 6) is 0.926. The van der Waals surface area contributed by atoms with Gasteiger partial charge in [0.15, 0.2) is 0 Å². The predicted molar refractivity (Wildman–Crippen MR) is 85.1 cm³/mol. The molecule has 2 rings (SSSR count). The lowest BCUT2D eigenvalue weighted by atomic mass is 10.0. The summed E-state index contributed by atoms with van der Waals surface area (Å²) in [5.41, 5.74) is 1.04. The number of piperazine rings is 1. The maximum atomic E-state index is 12.5. The molecule has 1 aliphatic heterocycles. The zero-order chi connectivity index (χ0) is 15.8. The highest BCUT2D eigenvalue weighted by atomic mass is 16.5. The molecule has 1 amide bonds. The van der Waals surface area contributed by atoms with Crippen LogP contribution in [0.1, 0.15) is 11.6 Å². The average Bonchev–Trinajstić information content (AvgIpc) is 2.58. The van der Waals surface area contributed by atoms with E-state index >= 15 is 0 Å². The quantitative estimate of drug-likeness (QED) is 0.714. The van der Waals surface area contributed by atoms with Crippen LogP contribution in [0, 0.1) is 0 Å². The van der Waals surface area contributed by atoms with Gasteiger partial charge in [0.25, 0.3) is 0 Å². The van der Waals surface area contributed by atoms with Gasteiger partial charge in [-0.15, -0.1) is 0 Å². The molecule has 1 aliphatic rings. The fourth-order valence-corrected chi connectivity index (χ4v) is 2.69. The number of methoxy groups -OCH3 is 2. The van der Waals surface area contributed by atoms with Crippen molar-refractivity contribution in [1.29, 1.82) is 0 Å². The van der Waals surface area contributed by atoms with E-state index in [0.717, 1.165) is 24.4 Å². The highest BCUT2D eigenvalue weighted by Gasteiger charge is 2.29. The number of nitrogens with one attached hydrogen (secondary N) is 2. The zero-order valence-corrected chi connectivity index (χ0v) is 13.3. The lowest BCUT2D eigenvalue weighted by molar-refractivity contribution is -0.133. The third-order valence-corrected chi connectivity index (χ3v) is 3.82. The van der Waals surface area contributed by atoms with E-state index in [1.54, 1.807) is 14.2 Å². The molecular weight excluding hydrogens is 282 g/mol. The van der Waals surface area contributed by atoms with Crippen molar-refractivity contribution in [3.05, 3.63) is 29.8 Å². The number of rotatable bonds is 7. The SMILES string of the molecule is COCCNCC(=O)N1CCNCC1c1ccccc1OC. The molecule has 0 bridgehead atoms. The lowest BCUT2D eigenvalue weighted by Crippen LogP contribution is -2.51. The van der Waals surface area contributed by atoms with Crippen molar-refractivity contribution in [2.45, 2.75) is 6.04 Å². The van der Waals surface area contributed by atoms with Gasteiger partial charge in [-0.3, -0.25) is 4.79 Å². The van der Waals surface area contributed by atoms with E-state index in [0.29, 0.717) is 26.2 Å². The largest absolute Gasteiger partial charge is 0.496 e. The number of hydrogen-bond acceptors (Lipinski definition) is 5. The standard InChI is InChI=1S/C16H25N3O3/c1-21-10-8-18-12-16(20)19-9-7-17-11-14(19)13-5-3-4-6-15(13)22-2/h3-6,14,17-18H,7-12H2,1-2H3. The van der Waals surface area contributed by atoms with E-state index < -0.39 is 0 Å². The third kappa shape index (κ3) is 4.19. The normalized spacial score (nSPS) is 18.3. The molecule has 1 unspecified atom stereocenters. The Bertz CT molecular complexity index is 481. The van der Waals surface area contributed by atoms with E-state index in [-0.39, 0.29) is 11.9 Å². The highest BCUT2D eigenvalue weighted by Crippen LogP contribution is 2.30. The first-order valence-corrected chi connectivity index (χ1v) is 7.60. The van der Waals surface area contributed by atoms with Gasteiger partial charge in [0.2, 0.25) is 5.91 Å². The van der Waals surface area contributed by atoms with Crippen LogP contribution in [0.25, 0.3) is 0 Å². The van der Waals surface area contributed by atoms with Gasteiger partial charge in [-0.25, -0.2) is 0 Å². The maximum absolute atomic E-state index is 12.5. The van der Waals surface area contributed by atoms with Gasteiger partial charge in [-0.1, -0.05) is 18.2 Å². The number of benzene rings is 1. The van der Waals surface area contributed by atoms with E-state index in [1.165, 1.54) is 0 Å². The Balaban J connectivity index is 2.06. The molecule has 1 aromatic carbocycles. The lowest BCUT2D eigenvalue weighted by Gasteiger charge is -2.37. The molecule has 22 heavy (non-hydrogen) atoms. The van der Waals surface area contributed by atoms with Crippen molar-refractivity contribution >= 4 is 5.91 Å². The maximum Gasteiger partial charge on any atom is 0.237 e. The van der Waals surface area contributed by atoms with Gasteiger partial charge in [-0.05, 0) is 6.07 Å². The van der Waals surface area contributed by atoms with Crippen molar-refractivity contribution in [2.75, 3.05) is 53.6 Å². The summed E-state index contributed by atoms with van der Waals surface area (Å²) in [6, 6.07) is 7.88. The van der Waals surface area contributed by atoms with Gasteiger partial charge in [-0.2, -0.15) is 0 Å².